The number of carboxylic acid groups (broad SMARTS) is 1. The van der Waals surface area contributed by atoms with Gasteiger partial charge in [-0.3, -0.25) is 14.4 Å². The third kappa shape index (κ3) is 5.00. The van der Waals surface area contributed by atoms with Crippen molar-refractivity contribution in [3.63, 3.8) is 0 Å². The van der Waals surface area contributed by atoms with Gasteiger partial charge in [0, 0.05) is 31.6 Å². The van der Waals surface area contributed by atoms with Crippen LogP contribution >= 0.6 is 0 Å². The van der Waals surface area contributed by atoms with Gasteiger partial charge in [0.1, 0.15) is 0 Å². The van der Waals surface area contributed by atoms with Crippen LogP contribution < -0.4 is 0 Å². The Labute approximate surface area is 132 Å². The van der Waals surface area contributed by atoms with E-state index in [1.807, 2.05) is 27.7 Å². The molecule has 6 heteroatoms. The van der Waals surface area contributed by atoms with Gasteiger partial charge in [-0.2, -0.15) is 0 Å². The number of carbonyl (C=O) groups excluding carboxylic acids is 2. The second kappa shape index (κ2) is 7.61. The molecule has 1 atom stereocenters. The van der Waals surface area contributed by atoms with Gasteiger partial charge in [0.15, 0.2) is 0 Å². The SMILES string of the molecule is CCN(CCC(=O)O)C(=O)C1CCCN(C(=O)C(C)(C)C)C1. The first-order valence-electron chi connectivity index (χ1n) is 7.96. The van der Waals surface area contributed by atoms with Gasteiger partial charge in [-0.05, 0) is 19.8 Å². The topological polar surface area (TPSA) is 77.9 Å². The molecule has 2 amide bonds. The first-order valence-corrected chi connectivity index (χ1v) is 7.96. The predicted molar refractivity (Wildman–Crippen MR) is 83.3 cm³/mol. The van der Waals surface area contributed by atoms with Crippen molar-refractivity contribution in [1.29, 1.82) is 0 Å². The first kappa shape index (κ1) is 18.5. The lowest BCUT2D eigenvalue weighted by atomic mass is 9.90. The Balaban J connectivity index is 2.68. The van der Waals surface area contributed by atoms with Gasteiger partial charge < -0.3 is 14.9 Å². The number of carbonyl (C=O) groups is 3. The van der Waals surface area contributed by atoms with E-state index in [0.29, 0.717) is 19.6 Å². The Kier molecular flexibility index (Phi) is 6.38. The maximum absolute atomic E-state index is 12.6. The summed E-state index contributed by atoms with van der Waals surface area (Å²) >= 11 is 0. The lowest BCUT2D eigenvalue weighted by Gasteiger charge is -2.37. The molecule has 1 aliphatic rings. The smallest absolute Gasteiger partial charge is 0.305 e. The van der Waals surface area contributed by atoms with Crippen molar-refractivity contribution >= 4 is 17.8 Å². The lowest BCUT2D eigenvalue weighted by molar-refractivity contribution is -0.145. The van der Waals surface area contributed by atoms with E-state index in [4.69, 9.17) is 5.11 Å². The molecule has 0 spiro atoms. The molecule has 126 valence electrons. The van der Waals surface area contributed by atoms with Crippen LogP contribution in [0.1, 0.15) is 47.0 Å². The highest BCUT2D eigenvalue weighted by Gasteiger charge is 2.34. The summed E-state index contributed by atoms with van der Waals surface area (Å²) in [5.41, 5.74) is -0.446. The van der Waals surface area contributed by atoms with Crippen LogP contribution in [0.4, 0.5) is 0 Å². The Morgan fingerprint density at radius 1 is 1.27 bits per heavy atom. The predicted octanol–water partition coefficient (Wildman–Crippen LogP) is 1.59. The van der Waals surface area contributed by atoms with Crippen LogP contribution in [0.15, 0.2) is 0 Å². The van der Waals surface area contributed by atoms with E-state index in [1.165, 1.54) is 0 Å². The molecule has 1 rings (SSSR count). The van der Waals surface area contributed by atoms with Gasteiger partial charge >= 0.3 is 5.97 Å². The highest BCUT2D eigenvalue weighted by molar-refractivity contribution is 5.84. The fourth-order valence-corrected chi connectivity index (χ4v) is 2.75. The van der Waals surface area contributed by atoms with Crippen molar-refractivity contribution in [3.8, 4) is 0 Å². The number of likely N-dealkylation sites (tertiary alicyclic amines) is 1. The van der Waals surface area contributed by atoms with Gasteiger partial charge in [0.2, 0.25) is 11.8 Å². The summed E-state index contributed by atoms with van der Waals surface area (Å²) in [5.74, 6) is -1.08. The van der Waals surface area contributed by atoms with Crippen LogP contribution in [-0.4, -0.2) is 58.9 Å². The molecule has 1 heterocycles. The number of nitrogens with zero attached hydrogens (tertiary/aromatic N) is 2. The second-order valence-corrected chi connectivity index (χ2v) is 6.90. The van der Waals surface area contributed by atoms with Gasteiger partial charge in [0.05, 0.1) is 12.3 Å². The fraction of sp³-hybridized carbons (Fsp3) is 0.812. The monoisotopic (exact) mass is 312 g/mol. The minimum Gasteiger partial charge on any atom is -0.481 e. The van der Waals surface area contributed by atoms with Gasteiger partial charge in [-0.1, -0.05) is 20.8 Å². The molecule has 22 heavy (non-hydrogen) atoms. The van der Waals surface area contributed by atoms with E-state index < -0.39 is 11.4 Å². The molecular weight excluding hydrogens is 284 g/mol. The molecule has 1 saturated heterocycles. The van der Waals surface area contributed by atoms with Crippen LogP contribution in [-0.2, 0) is 14.4 Å². The van der Waals surface area contributed by atoms with Crippen LogP contribution in [0.2, 0.25) is 0 Å². The lowest BCUT2D eigenvalue weighted by Crippen LogP contribution is -2.49. The quantitative estimate of drug-likeness (QED) is 0.836. The zero-order chi connectivity index (χ0) is 16.9. The maximum atomic E-state index is 12.6. The molecule has 1 fully saturated rings. The number of piperidine rings is 1. The second-order valence-electron chi connectivity index (χ2n) is 6.90. The summed E-state index contributed by atoms with van der Waals surface area (Å²) in [6, 6.07) is 0. The number of carboxylic acids is 1. The van der Waals surface area contributed by atoms with Crippen LogP contribution in [0.3, 0.4) is 0 Å². The molecule has 0 saturated carbocycles. The fourth-order valence-electron chi connectivity index (χ4n) is 2.75. The van der Waals surface area contributed by atoms with E-state index in [9.17, 15) is 14.4 Å². The van der Waals surface area contributed by atoms with Crippen molar-refractivity contribution in [2.75, 3.05) is 26.2 Å². The van der Waals surface area contributed by atoms with E-state index in [-0.39, 0.29) is 30.7 Å². The van der Waals surface area contributed by atoms with Crippen LogP contribution in [0.25, 0.3) is 0 Å². The standard InChI is InChI=1S/C16H28N2O4/c1-5-17(10-8-13(19)20)14(21)12-7-6-9-18(11-12)15(22)16(2,3)4/h12H,5-11H2,1-4H3,(H,19,20). The van der Waals surface area contributed by atoms with E-state index in [0.717, 1.165) is 12.8 Å². The Morgan fingerprint density at radius 2 is 1.91 bits per heavy atom. The Hall–Kier alpha value is -1.59. The number of aliphatic carboxylic acids is 1. The first-order chi connectivity index (χ1) is 10.2. The van der Waals surface area contributed by atoms with Crippen LogP contribution in [0, 0.1) is 11.3 Å². The highest BCUT2D eigenvalue weighted by Crippen LogP contribution is 2.24. The normalized spacial score (nSPS) is 18.9. The number of amides is 2. The van der Waals surface area contributed by atoms with E-state index in [1.54, 1.807) is 9.80 Å². The Morgan fingerprint density at radius 3 is 2.41 bits per heavy atom. The number of hydrogen-bond acceptors (Lipinski definition) is 3. The van der Waals surface area contributed by atoms with Crippen molar-refractivity contribution in [2.24, 2.45) is 11.3 Å². The van der Waals surface area contributed by atoms with Crippen molar-refractivity contribution in [2.45, 2.75) is 47.0 Å². The summed E-state index contributed by atoms with van der Waals surface area (Å²) in [4.78, 5) is 39.0. The summed E-state index contributed by atoms with van der Waals surface area (Å²) in [6.07, 6.45) is 1.53. The minimum absolute atomic E-state index is 0.0323. The largest absolute Gasteiger partial charge is 0.481 e. The molecule has 6 nitrogen and oxygen atoms in total. The molecule has 0 aromatic rings. The third-order valence-corrected chi connectivity index (χ3v) is 3.99. The third-order valence-electron chi connectivity index (χ3n) is 3.99. The summed E-state index contributed by atoms with van der Waals surface area (Å²) in [5, 5.41) is 8.76. The molecule has 0 bridgehead atoms. The average Bonchev–Trinajstić information content (AvgIpc) is 2.45. The molecule has 0 aromatic carbocycles. The maximum Gasteiger partial charge on any atom is 0.305 e. The molecule has 0 aromatic heterocycles. The molecule has 1 aliphatic heterocycles. The molecule has 1 N–H and O–H groups in total. The minimum atomic E-state index is -0.903. The molecular formula is C16H28N2O4. The van der Waals surface area contributed by atoms with Gasteiger partial charge in [-0.15, -0.1) is 0 Å². The molecule has 0 radical (unpaired) electrons. The summed E-state index contributed by atoms with van der Waals surface area (Å²) in [6.45, 7) is 9.36. The van der Waals surface area contributed by atoms with Crippen molar-refractivity contribution in [3.05, 3.63) is 0 Å². The Bertz CT molecular complexity index is 428. The number of rotatable bonds is 5. The number of hydrogen-bond donors (Lipinski definition) is 1. The summed E-state index contributed by atoms with van der Waals surface area (Å²) in [7, 11) is 0. The van der Waals surface area contributed by atoms with E-state index >= 15 is 0 Å². The molecule has 1 unspecified atom stereocenters. The van der Waals surface area contributed by atoms with Gasteiger partial charge in [-0.25, -0.2) is 0 Å². The van der Waals surface area contributed by atoms with E-state index in [2.05, 4.69) is 0 Å². The highest BCUT2D eigenvalue weighted by atomic mass is 16.4. The summed E-state index contributed by atoms with van der Waals surface area (Å²) < 4.78 is 0. The van der Waals surface area contributed by atoms with Crippen molar-refractivity contribution < 1.29 is 19.5 Å². The average molecular weight is 312 g/mol. The van der Waals surface area contributed by atoms with Crippen LogP contribution in [0.5, 0.6) is 0 Å². The van der Waals surface area contributed by atoms with Crippen molar-refractivity contribution in [1.82, 2.24) is 9.80 Å². The zero-order valence-electron chi connectivity index (χ0n) is 14.1. The molecule has 0 aliphatic carbocycles. The van der Waals surface area contributed by atoms with Gasteiger partial charge in [0.25, 0.3) is 0 Å². The zero-order valence-corrected chi connectivity index (χ0v) is 14.1.